The molecule has 0 aliphatic carbocycles. The van der Waals surface area contributed by atoms with E-state index in [1.807, 2.05) is 0 Å². The number of ether oxygens (including phenoxy) is 2. The van der Waals surface area contributed by atoms with Crippen LogP contribution in [0, 0.1) is 0 Å². The van der Waals surface area contributed by atoms with Gasteiger partial charge in [0.1, 0.15) is 11.5 Å². The van der Waals surface area contributed by atoms with Gasteiger partial charge in [-0.05, 0) is 54.1 Å². The van der Waals surface area contributed by atoms with Gasteiger partial charge in [-0.25, -0.2) is 5.43 Å². The quantitative estimate of drug-likeness (QED) is 0.612. The first kappa shape index (κ1) is 17.7. The minimum Gasteiger partial charge on any atom is -0.484 e. The van der Waals surface area contributed by atoms with E-state index in [4.69, 9.17) is 16.3 Å². The maximum atomic E-state index is 12.0. The van der Waals surface area contributed by atoms with E-state index in [1.54, 1.807) is 24.3 Å². The van der Waals surface area contributed by atoms with Crippen LogP contribution < -0.4 is 14.9 Å². The highest BCUT2D eigenvalue weighted by molar-refractivity contribution is 6.30. The summed E-state index contributed by atoms with van der Waals surface area (Å²) in [5.41, 5.74) is 2.89. The van der Waals surface area contributed by atoms with E-state index in [0.29, 0.717) is 16.3 Å². The molecule has 2 aromatic carbocycles. The maximum absolute atomic E-state index is 12.0. The van der Waals surface area contributed by atoms with E-state index in [1.165, 1.54) is 30.5 Å². The Balaban J connectivity index is 1.76. The molecule has 126 valence electrons. The number of halogens is 3. The summed E-state index contributed by atoms with van der Waals surface area (Å²) < 4.78 is 33.5. The number of hydrogen-bond acceptors (Lipinski definition) is 4. The second-order valence-corrected chi connectivity index (χ2v) is 4.92. The van der Waals surface area contributed by atoms with E-state index >= 15 is 0 Å². The lowest BCUT2D eigenvalue weighted by Gasteiger charge is -2.05. The van der Waals surface area contributed by atoms with Crippen LogP contribution in [0.3, 0.4) is 0 Å². The lowest BCUT2D eigenvalue weighted by molar-refractivity contribution is -0.123. The monoisotopic (exact) mass is 354 g/mol. The van der Waals surface area contributed by atoms with Gasteiger partial charge >= 0.3 is 6.61 Å². The number of carbonyl (C=O) groups is 1. The normalized spacial score (nSPS) is 10.8. The maximum Gasteiger partial charge on any atom is 0.387 e. The first-order valence-corrected chi connectivity index (χ1v) is 7.16. The number of hydrogen-bond donors (Lipinski definition) is 1. The van der Waals surface area contributed by atoms with Crippen LogP contribution in [0.25, 0.3) is 0 Å². The Hall–Kier alpha value is -2.67. The summed E-state index contributed by atoms with van der Waals surface area (Å²) in [7, 11) is 0. The second-order valence-electron chi connectivity index (χ2n) is 4.48. The Morgan fingerprint density at radius 2 is 1.75 bits per heavy atom. The SMILES string of the molecule is O=C(COc1ccc(Cl)cc1)N/N=C/c1ccc(OC(F)F)cc1. The number of amides is 1. The molecule has 0 saturated carbocycles. The highest BCUT2D eigenvalue weighted by Gasteiger charge is 2.03. The van der Waals surface area contributed by atoms with Gasteiger partial charge in [-0.15, -0.1) is 0 Å². The van der Waals surface area contributed by atoms with Gasteiger partial charge in [0.15, 0.2) is 6.61 Å². The van der Waals surface area contributed by atoms with Crippen molar-refractivity contribution in [3.8, 4) is 11.5 Å². The average Bonchev–Trinajstić information content (AvgIpc) is 2.55. The van der Waals surface area contributed by atoms with Gasteiger partial charge in [-0.3, -0.25) is 4.79 Å². The molecule has 0 saturated heterocycles. The zero-order valence-corrected chi connectivity index (χ0v) is 13.0. The summed E-state index contributed by atoms with van der Waals surface area (Å²) >= 11 is 5.74. The molecule has 0 bridgehead atoms. The Morgan fingerprint density at radius 3 is 2.38 bits per heavy atom. The molecule has 8 heteroatoms. The minimum absolute atomic E-state index is 0.0440. The molecular formula is C16H13ClF2N2O3. The molecule has 2 rings (SSSR count). The largest absolute Gasteiger partial charge is 0.484 e. The molecule has 0 atom stereocenters. The smallest absolute Gasteiger partial charge is 0.387 e. The van der Waals surface area contributed by atoms with Gasteiger partial charge in [0.2, 0.25) is 0 Å². The van der Waals surface area contributed by atoms with Crippen LogP contribution in [0.5, 0.6) is 11.5 Å². The summed E-state index contributed by atoms with van der Waals surface area (Å²) in [5, 5.41) is 4.31. The van der Waals surface area contributed by atoms with Crippen LogP contribution in [0.4, 0.5) is 8.78 Å². The molecule has 0 radical (unpaired) electrons. The number of carbonyl (C=O) groups excluding carboxylic acids is 1. The van der Waals surface area contributed by atoms with Crippen LogP contribution in [0.15, 0.2) is 53.6 Å². The number of benzene rings is 2. The molecule has 2 aromatic rings. The fourth-order valence-electron chi connectivity index (χ4n) is 1.63. The molecular weight excluding hydrogens is 342 g/mol. The molecule has 0 fully saturated rings. The van der Waals surface area contributed by atoms with E-state index < -0.39 is 12.5 Å². The topological polar surface area (TPSA) is 59.9 Å². The fraction of sp³-hybridized carbons (Fsp3) is 0.125. The molecule has 1 N–H and O–H groups in total. The predicted molar refractivity (Wildman–Crippen MR) is 85.8 cm³/mol. The predicted octanol–water partition coefficient (Wildman–Crippen LogP) is 3.47. The average molecular weight is 355 g/mol. The van der Waals surface area contributed by atoms with Gasteiger partial charge in [-0.1, -0.05) is 11.6 Å². The van der Waals surface area contributed by atoms with Gasteiger partial charge in [0.25, 0.3) is 5.91 Å². The van der Waals surface area contributed by atoms with Crippen molar-refractivity contribution in [2.45, 2.75) is 6.61 Å². The molecule has 0 spiro atoms. The molecule has 0 heterocycles. The molecule has 5 nitrogen and oxygen atoms in total. The van der Waals surface area contributed by atoms with Crippen LogP contribution in [0.2, 0.25) is 5.02 Å². The Bertz CT molecular complexity index is 691. The number of nitrogens with zero attached hydrogens (tertiary/aromatic N) is 1. The van der Waals surface area contributed by atoms with E-state index in [0.717, 1.165) is 0 Å². The van der Waals surface area contributed by atoms with E-state index in [9.17, 15) is 13.6 Å². The van der Waals surface area contributed by atoms with Gasteiger partial charge in [-0.2, -0.15) is 13.9 Å². The Kier molecular flexibility index (Phi) is 6.51. The first-order chi connectivity index (χ1) is 11.5. The van der Waals surface area contributed by atoms with Crippen molar-refractivity contribution in [2.75, 3.05) is 6.61 Å². The van der Waals surface area contributed by atoms with Crippen molar-refractivity contribution in [3.63, 3.8) is 0 Å². The molecule has 0 unspecified atom stereocenters. The van der Waals surface area contributed by atoms with Crippen molar-refractivity contribution in [1.29, 1.82) is 0 Å². The third kappa shape index (κ3) is 6.21. The zero-order valence-electron chi connectivity index (χ0n) is 12.3. The van der Waals surface area contributed by atoms with Crippen LogP contribution in [0.1, 0.15) is 5.56 Å². The third-order valence-corrected chi connectivity index (χ3v) is 2.94. The van der Waals surface area contributed by atoms with Crippen molar-refractivity contribution < 1.29 is 23.0 Å². The van der Waals surface area contributed by atoms with Crippen LogP contribution in [-0.2, 0) is 4.79 Å². The van der Waals surface area contributed by atoms with E-state index in [-0.39, 0.29) is 12.4 Å². The van der Waals surface area contributed by atoms with Crippen molar-refractivity contribution in [3.05, 3.63) is 59.1 Å². The van der Waals surface area contributed by atoms with Crippen molar-refractivity contribution in [1.82, 2.24) is 5.43 Å². The molecule has 24 heavy (non-hydrogen) atoms. The molecule has 0 aromatic heterocycles. The minimum atomic E-state index is -2.87. The van der Waals surface area contributed by atoms with Crippen molar-refractivity contribution in [2.24, 2.45) is 5.10 Å². The summed E-state index contributed by atoms with van der Waals surface area (Å²) in [5.74, 6) is 0.106. The second kappa shape index (κ2) is 8.83. The van der Waals surface area contributed by atoms with E-state index in [2.05, 4.69) is 15.3 Å². The molecule has 0 aliphatic rings. The third-order valence-electron chi connectivity index (χ3n) is 2.69. The highest BCUT2D eigenvalue weighted by Crippen LogP contribution is 2.15. The number of rotatable bonds is 7. The summed E-state index contributed by atoms with van der Waals surface area (Å²) in [6.45, 7) is -3.08. The molecule has 0 aliphatic heterocycles. The lowest BCUT2D eigenvalue weighted by Crippen LogP contribution is -2.24. The Morgan fingerprint density at radius 1 is 1.12 bits per heavy atom. The van der Waals surface area contributed by atoms with Gasteiger partial charge < -0.3 is 9.47 Å². The van der Waals surface area contributed by atoms with Crippen LogP contribution in [-0.4, -0.2) is 25.3 Å². The highest BCUT2D eigenvalue weighted by atomic mass is 35.5. The first-order valence-electron chi connectivity index (χ1n) is 6.78. The zero-order chi connectivity index (χ0) is 17.4. The number of hydrazone groups is 1. The van der Waals surface area contributed by atoms with Gasteiger partial charge in [0, 0.05) is 5.02 Å². The summed E-state index contributed by atoms with van der Waals surface area (Å²) in [6.07, 6.45) is 1.37. The summed E-state index contributed by atoms with van der Waals surface area (Å²) in [6, 6.07) is 12.4. The van der Waals surface area contributed by atoms with Crippen molar-refractivity contribution >= 4 is 23.7 Å². The Labute approximate surface area is 141 Å². The number of nitrogens with one attached hydrogen (secondary N) is 1. The standard InChI is InChI=1S/C16H13ClF2N2O3/c17-12-3-7-13(8-4-12)23-10-15(22)21-20-9-11-1-5-14(6-2-11)24-16(18)19/h1-9,16H,10H2,(H,21,22)/b20-9+. The van der Waals surface area contributed by atoms with Gasteiger partial charge in [0.05, 0.1) is 6.21 Å². The number of alkyl halides is 2. The fourth-order valence-corrected chi connectivity index (χ4v) is 1.75. The lowest BCUT2D eigenvalue weighted by atomic mass is 10.2. The van der Waals surface area contributed by atoms with Crippen LogP contribution >= 0.6 is 11.6 Å². The molecule has 1 amide bonds. The summed E-state index contributed by atoms with van der Waals surface area (Å²) in [4.78, 5) is 11.6.